The smallest absolute Gasteiger partial charge is 0.0992 e. The molecule has 2 atom stereocenters. The zero-order valence-corrected chi connectivity index (χ0v) is 11.4. The molecule has 3 heteroatoms. The Morgan fingerprint density at radius 3 is 2.42 bits per heavy atom. The number of nitrogens with one attached hydrogen (secondary N) is 1. The Hall–Kier alpha value is -1.71. The molecule has 2 unspecified atom stereocenters. The van der Waals surface area contributed by atoms with Gasteiger partial charge in [0, 0.05) is 25.0 Å². The lowest BCUT2D eigenvalue weighted by Crippen LogP contribution is -2.36. The van der Waals surface area contributed by atoms with Crippen LogP contribution in [0.4, 0.5) is 0 Å². The third-order valence-electron chi connectivity index (χ3n) is 3.35. The van der Waals surface area contributed by atoms with E-state index in [2.05, 4.69) is 17.2 Å². The van der Waals surface area contributed by atoms with E-state index in [0.717, 1.165) is 5.56 Å². The predicted octanol–water partition coefficient (Wildman–Crippen LogP) is 2.64. The summed E-state index contributed by atoms with van der Waals surface area (Å²) in [5, 5.41) is 13.9. The normalized spacial score (nSPS) is 15.7. The molecule has 3 nitrogen and oxygen atoms in total. The summed E-state index contributed by atoms with van der Waals surface area (Å²) in [6.45, 7) is 4.41. The minimum atomic E-state index is -0.872. The van der Waals surface area contributed by atoms with Crippen molar-refractivity contribution in [3.8, 4) is 0 Å². The van der Waals surface area contributed by atoms with Crippen molar-refractivity contribution in [3.05, 3.63) is 66.0 Å². The van der Waals surface area contributed by atoms with E-state index in [4.69, 9.17) is 0 Å². The van der Waals surface area contributed by atoms with Crippen molar-refractivity contribution < 1.29 is 5.11 Å². The standard InChI is InChI=1S/C16H20N2O/c1-13(14-8-10-17-11-9-14)18-12-16(2,19)15-6-4-3-5-7-15/h3-11,13,18-19H,12H2,1-2H3. The topological polar surface area (TPSA) is 45.1 Å². The number of hydrogen-bond acceptors (Lipinski definition) is 3. The Morgan fingerprint density at radius 1 is 1.16 bits per heavy atom. The highest BCUT2D eigenvalue weighted by Gasteiger charge is 2.23. The van der Waals surface area contributed by atoms with E-state index in [0.29, 0.717) is 6.54 Å². The van der Waals surface area contributed by atoms with Gasteiger partial charge < -0.3 is 10.4 Å². The lowest BCUT2D eigenvalue weighted by molar-refractivity contribution is 0.0543. The van der Waals surface area contributed by atoms with Crippen LogP contribution in [-0.4, -0.2) is 16.6 Å². The molecular formula is C16H20N2O. The van der Waals surface area contributed by atoms with Gasteiger partial charge in [-0.2, -0.15) is 0 Å². The largest absolute Gasteiger partial charge is 0.384 e. The van der Waals surface area contributed by atoms with Gasteiger partial charge in [0.2, 0.25) is 0 Å². The van der Waals surface area contributed by atoms with Gasteiger partial charge in [0.05, 0.1) is 5.60 Å². The van der Waals surface area contributed by atoms with Crippen molar-refractivity contribution in [2.24, 2.45) is 0 Å². The van der Waals surface area contributed by atoms with Gasteiger partial charge in [-0.3, -0.25) is 4.98 Å². The summed E-state index contributed by atoms with van der Waals surface area (Å²) in [6, 6.07) is 13.9. The number of pyridine rings is 1. The molecule has 1 aromatic heterocycles. The third-order valence-corrected chi connectivity index (χ3v) is 3.35. The van der Waals surface area contributed by atoms with Crippen LogP contribution in [0.2, 0.25) is 0 Å². The van der Waals surface area contributed by atoms with E-state index < -0.39 is 5.60 Å². The number of hydrogen-bond donors (Lipinski definition) is 2. The molecule has 1 aromatic carbocycles. The first-order valence-corrected chi connectivity index (χ1v) is 6.51. The van der Waals surface area contributed by atoms with Gasteiger partial charge in [-0.25, -0.2) is 0 Å². The number of benzene rings is 1. The van der Waals surface area contributed by atoms with E-state index in [1.165, 1.54) is 5.56 Å². The highest BCUT2D eigenvalue weighted by molar-refractivity contribution is 5.22. The van der Waals surface area contributed by atoms with Gasteiger partial charge in [0.25, 0.3) is 0 Å². The highest BCUT2D eigenvalue weighted by Crippen LogP contribution is 2.20. The maximum absolute atomic E-state index is 10.5. The summed E-state index contributed by atoms with van der Waals surface area (Å²) in [5.41, 5.74) is 1.21. The molecule has 2 rings (SSSR count). The van der Waals surface area contributed by atoms with Gasteiger partial charge in [0.1, 0.15) is 0 Å². The quantitative estimate of drug-likeness (QED) is 0.864. The van der Waals surface area contributed by atoms with Crippen LogP contribution >= 0.6 is 0 Å². The van der Waals surface area contributed by atoms with Crippen LogP contribution in [0, 0.1) is 0 Å². The number of aliphatic hydroxyl groups is 1. The van der Waals surface area contributed by atoms with Gasteiger partial charge >= 0.3 is 0 Å². The first-order valence-electron chi connectivity index (χ1n) is 6.51. The molecule has 0 aliphatic rings. The fourth-order valence-corrected chi connectivity index (χ4v) is 2.02. The molecule has 2 aromatic rings. The maximum Gasteiger partial charge on any atom is 0.0992 e. The summed E-state index contributed by atoms with van der Waals surface area (Å²) in [6.07, 6.45) is 3.56. The second-order valence-electron chi connectivity index (χ2n) is 5.02. The molecular weight excluding hydrogens is 236 g/mol. The first kappa shape index (κ1) is 13.7. The van der Waals surface area contributed by atoms with Crippen LogP contribution in [0.25, 0.3) is 0 Å². The molecule has 0 saturated heterocycles. The Balaban J connectivity index is 1.99. The monoisotopic (exact) mass is 256 g/mol. The van der Waals surface area contributed by atoms with Crippen molar-refractivity contribution in [1.29, 1.82) is 0 Å². The van der Waals surface area contributed by atoms with Crippen LogP contribution in [0.3, 0.4) is 0 Å². The van der Waals surface area contributed by atoms with Crippen molar-refractivity contribution in [1.82, 2.24) is 10.3 Å². The van der Waals surface area contributed by atoms with E-state index in [-0.39, 0.29) is 6.04 Å². The van der Waals surface area contributed by atoms with Crippen molar-refractivity contribution >= 4 is 0 Å². The zero-order chi connectivity index (χ0) is 13.7. The van der Waals surface area contributed by atoms with Crippen molar-refractivity contribution in [3.63, 3.8) is 0 Å². The third kappa shape index (κ3) is 3.63. The Bertz CT molecular complexity index is 497. The second-order valence-corrected chi connectivity index (χ2v) is 5.02. The van der Waals surface area contributed by atoms with Crippen LogP contribution in [0.5, 0.6) is 0 Å². The molecule has 100 valence electrons. The fraction of sp³-hybridized carbons (Fsp3) is 0.312. The molecule has 0 aliphatic heterocycles. The molecule has 0 spiro atoms. The predicted molar refractivity (Wildman–Crippen MR) is 76.7 cm³/mol. The molecule has 19 heavy (non-hydrogen) atoms. The molecule has 2 N–H and O–H groups in total. The molecule has 0 saturated carbocycles. The first-order chi connectivity index (χ1) is 9.09. The van der Waals surface area contributed by atoms with Crippen molar-refractivity contribution in [2.45, 2.75) is 25.5 Å². The van der Waals surface area contributed by atoms with Gasteiger partial charge in [-0.15, -0.1) is 0 Å². The van der Waals surface area contributed by atoms with E-state index >= 15 is 0 Å². The fourth-order valence-electron chi connectivity index (χ4n) is 2.02. The number of rotatable bonds is 5. The Morgan fingerprint density at radius 2 is 1.79 bits per heavy atom. The minimum absolute atomic E-state index is 0.179. The van der Waals surface area contributed by atoms with Crippen LogP contribution < -0.4 is 5.32 Å². The minimum Gasteiger partial charge on any atom is -0.384 e. The molecule has 0 radical (unpaired) electrons. The highest BCUT2D eigenvalue weighted by atomic mass is 16.3. The molecule has 0 fully saturated rings. The van der Waals surface area contributed by atoms with Crippen molar-refractivity contribution in [2.75, 3.05) is 6.54 Å². The van der Waals surface area contributed by atoms with E-state index in [1.807, 2.05) is 49.4 Å². The maximum atomic E-state index is 10.5. The average Bonchev–Trinajstić information content (AvgIpc) is 2.47. The Labute approximate surface area is 114 Å². The van der Waals surface area contributed by atoms with E-state index in [9.17, 15) is 5.11 Å². The summed E-state index contributed by atoms with van der Waals surface area (Å²) >= 11 is 0. The van der Waals surface area contributed by atoms with Gasteiger partial charge in [-0.1, -0.05) is 30.3 Å². The molecule has 0 bridgehead atoms. The number of nitrogens with zero attached hydrogens (tertiary/aromatic N) is 1. The summed E-state index contributed by atoms with van der Waals surface area (Å²) < 4.78 is 0. The van der Waals surface area contributed by atoms with E-state index in [1.54, 1.807) is 12.4 Å². The molecule has 0 amide bonds. The average molecular weight is 256 g/mol. The van der Waals surface area contributed by atoms with Crippen LogP contribution in [0.15, 0.2) is 54.9 Å². The summed E-state index contributed by atoms with van der Waals surface area (Å²) in [5.74, 6) is 0. The number of aromatic nitrogens is 1. The van der Waals surface area contributed by atoms with Gasteiger partial charge in [-0.05, 0) is 37.1 Å². The second kappa shape index (κ2) is 5.95. The molecule has 0 aliphatic carbocycles. The van der Waals surface area contributed by atoms with Gasteiger partial charge in [0.15, 0.2) is 0 Å². The zero-order valence-electron chi connectivity index (χ0n) is 11.4. The van der Waals surface area contributed by atoms with Crippen LogP contribution in [-0.2, 0) is 5.60 Å². The summed E-state index contributed by atoms with van der Waals surface area (Å²) in [4.78, 5) is 4.01. The lowest BCUT2D eigenvalue weighted by atomic mass is 9.95. The van der Waals surface area contributed by atoms with Crippen LogP contribution in [0.1, 0.15) is 31.0 Å². The summed E-state index contributed by atoms with van der Waals surface area (Å²) in [7, 11) is 0. The molecule has 1 heterocycles. The Kier molecular flexibility index (Phi) is 4.30. The lowest BCUT2D eigenvalue weighted by Gasteiger charge is -2.26. The SMILES string of the molecule is CC(NCC(C)(O)c1ccccc1)c1ccncc1.